The third-order valence-corrected chi connectivity index (χ3v) is 2.52. The van der Waals surface area contributed by atoms with Crippen LogP contribution in [-0.4, -0.2) is 30.5 Å². The number of hydrogen-bond acceptors (Lipinski definition) is 5. The molecule has 0 radical (unpaired) electrons. The van der Waals surface area contributed by atoms with Crippen molar-refractivity contribution in [2.75, 3.05) is 0 Å². The molecule has 2 N–H and O–H groups in total. The van der Waals surface area contributed by atoms with E-state index in [2.05, 4.69) is 30.5 Å². The summed E-state index contributed by atoms with van der Waals surface area (Å²) in [7, 11) is 0. The van der Waals surface area contributed by atoms with Crippen LogP contribution in [0.3, 0.4) is 0 Å². The number of aromatic amines is 2. The first-order chi connectivity index (χ1) is 8.79. The van der Waals surface area contributed by atoms with Crippen LogP contribution in [0.2, 0.25) is 0 Å². The summed E-state index contributed by atoms with van der Waals surface area (Å²) in [6.45, 7) is 1.87. The number of H-pyrrole nitrogens is 2. The van der Waals surface area contributed by atoms with Gasteiger partial charge in [-0.2, -0.15) is 10.2 Å². The molecule has 0 aromatic carbocycles. The molecule has 0 atom stereocenters. The Balaban J connectivity index is 1.69. The van der Waals surface area contributed by atoms with E-state index in [4.69, 9.17) is 4.52 Å². The average Bonchev–Trinajstić information content (AvgIpc) is 3.04. The van der Waals surface area contributed by atoms with E-state index >= 15 is 0 Å². The quantitative estimate of drug-likeness (QED) is 0.713. The molecule has 3 aromatic rings. The Bertz CT molecular complexity index is 624. The minimum Gasteiger partial charge on any atom is -0.361 e. The van der Waals surface area contributed by atoms with Crippen LogP contribution in [0.4, 0.5) is 0 Å². The summed E-state index contributed by atoms with van der Waals surface area (Å²) in [5.41, 5.74) is 1.89. The highest BCUT2D eigenvalue weighted by atomic mass is 16.5. The smallest absolute Gasteiger partial charge is 0.156 e. The van der Waals surface area contributed by atoms with Gasteiger partial charge in [-0.05, 0) is 13.0 Å². The Hall–Kier alpha value is -2.44. The van der Waals surface area contributed by atoms with Gasteiger partial charge in [0, 0.05) is 11.8 Å². The van der Waals surface area contributed by atoms with Gasteiger partial charge in [-0.15, -0.1) is 0 Å². The molecule has 0 saturated heterocycles. The molecule has 0 spiro atoms. The zero-order chi connectivity index (χ0) is 12.4. The van der Waals surface area contributed by atoms with Gasteiger partial charge in [0.2, 0.25) is 0 Å². The van der Waals surface area contributed by atoms with Crippen LogP contribution in [0.15, 0.2) is 22.9 Å². The molecule has 3 aromatic heterocycles. The van der Waals surface area contributed by atoms with E-state index in [-0.39, 0.29) is 0 Å². The van der Waals surface area contributed by atoms with Crippen LogP contribution in [0.25, 0.3) is 0 Å². The molecule has 0 aliphatic heterocycles. The fourth-order valence-electron chi connectivity index (χ4n) is 1.74. The van der Waals surface area contributed by atoms with Crippen molar-refractivity contribution in [3.63, 3.8) is 0 Å². The Morgan fingerprint density at radius 2 is 2.17 bits per heavy atom. The third-order valence-electron chi connectivity index (χ3n) is 2.52. The molecular formula is C11H12N6O. The minimum atomic E-state index is 0.628. The fraction of sp³-hybridized carbons (Fsp3) is 0.273. The van der Waals surface area contributed by atoms with E-state index in [0.29, 0.717) is 12.8 Å². The molecule has 3 heterocycles. The molecule has 92 valence electrons. The summed E-state index contributed by atoms with van der Waals surface area (Å²) in [6, 6.07) is 3.81. The van der Waals surface area contributed by atoms with Crippen molar-refractivity contribution < 1.29 is 4.52 Å². The lowest BCUT2D eigenvalue weighted by Crippen LogP contribution is -1.91. The summed E-state index contributed by atoms with van der Waals surface area (Å²) in [6.07, 6.45) is 2.89. The van der Waals surface area contributed by atoms with Crippen LogP contribution < -0.4 is 0 Å². The van der Waals surface area contributed by atoms with Gasteiger partial charge in [0.15, 0.2) is 5.82 Å². The normalized spacial score (nSPS) is 10.9. The van der Waals surface area contributed by atoms with Gasteiger partial charge in [0.1, 0.15) is 11.6 Å². The molecule has 3 rings (SSSR count). The van der Waals surface area contributed by atoms with E-state index in [1.54, 1.807) is 6.20 Å². The van der Waals surface area contributed by atoms with Crippen LogP contribution in [-0.2, 0) is 12.8 Å². The van der Waals surface area contributed by atoms with Gasteiger partial charge in [-0.3, -0.25) is 10.2 Å². The predicted molar refractivity (Wildman–Crippen MR) is 61.8 cm³/mol. The molecule has 0 bridgehead atoms. The van der Waals surface area contributed by atoms with Crippen molar-refractivity contribution in [1.29, 1.82) is 0 Å². The number of aromatic nitrogens is 6. The summed E-state index contributed by atoms with van der Waals surface area (Å²) in [4.78, 5) is 4.25. The second-order valence-corrected chi connectivity index (χ2v) is 4.05. The van der Waals surface area contributed by atoms with Gasteiger partial charge >= 0.3 is 0 Å². The molecule has 7 nitrogen and oxygen atoms in total. The zero-order valence-electron chi connectivity index (χ0n) is 9.84. The van der Waals surface area contributed by atoms with Crippen molar-refractivity contribution in [3.05, 3.63) is 47.1 Å². The fourth-order valence-corrected chi connectivity index (χ4v) is 1.74. The van der Waals surface area contributed by atoms with E-state index in [0.717, 1.165) is 28.8 Å². The highest BCUT2D eigenvalue weighted by Gasteiger charge is 2.07. The maximum Gasteiger partial charge on any atom is 0.156 e. The maximum atomic E-state index is 5.03. The van der Waals surface area contributed by atoms with E-state index in [1.807, 2.05) is 19.1 Å². The van der Waals surface area contributed by atoms with Gasteiger partial charge in [0.05, 0.1) is 24.7 Å². The Kier molecular flexibility index (Phi) is 2.64. The van der Waals surface area contributed by atoms with Crippen LogP contribution in [0.5, 0.6) is 0 Å². The molecular weight excluding hydrogens is 232 g/mol. The van der Waals surface area contributed by atoms with Crippen LogP contribution in [0.1, 0.15) is 28.8 Å². The molecule has 0 saturated carbocycles. The summed E-state index contributed by atoms with van der Waals surface area (Å²) in [5, 5.41) is 17.7. The Morgan fingerprint density at radius 3 is 2.89 bits per heavy atom. The van der Waals surface area contributed by atoms with E-state index in [9.17, 15) is 0 Å². The number of aryl methyl sites for hydroxylation is 1. The lowest BCUT2D eigenvalue weighted by atomic mass is 10.2. The molecule has 0 aliphatic carbocycles. The predicted octanol–water partition coefficient (Wildman–Crippen LogP) is 1.01. The van der Waals surface area contributed by atoms with Crippen molar-refractivity contribution >= 4 is 0 Å². The average molecular weight is 244 g/mol. The van der Waals surface area contributed by atoms with E-state index in [1.165, 1.54) is 0 Å². The second kappa shape index (κ2) is 4.44. The molecule has 7 heteroatoms. The number of rotatable bonds is 4. The van der Waals surface area contributed by atoms with Crippen LogP contribution >= 0.6 is 0 Å². The molecule has 0 fully saturated rings. The summed E-state index contributed by atoms with van der Waals surface area (Å²) >= 11 is 0. The number of hydrogen-bond donors (Lipinski definition) is 2. The lowest BCUT2D eigenvalue weighted by Gasteiger charge is -1.89. The van der Waals surface area contributed by atoms with Crippen molar-refractivity contribution in [3.8, 4) is 0 Å². The van der Waals surface area contributed by atoms with Crippen molar-refractivity contribution in [2.45, 2.75) is 19.8 Å². The van der Waals surface area contributed by atoms with Gasteiger partial charge in [0.25, 0.3) is 0 Å². The summed E-state index contributed by atoms with van der Waals surface area (Å²) < 4.78 is 5.03. The Labute approximate surface area is 103 Å². The highest BCUT2D eigenvalue weighted by Crippen LogP contribution is 2.09. The largest absolute Gasteiger partial charge is 0.361 e. The first-order valence-corrected chi connectivity index (χ1v) is 5.60. The number of nitrogens with one attached hydrogen (secondary N) is 2. The topological polar surface area (TPSA) is 96.3 Å². The third kappa shape index (κ3) is 2.29. The molecule has 0 unspecified atom stereocenters. The van der Waals surface area contributed by atoms with Gasteiger partial charge < -0.3 is 4.52 Å². The first-order valence-electron chi connectivity index (χ1n) is 5.60. The summed E-state index contributed by atoms with van der Waals surface area (Å²) in [5.74, 6) is 2.36. The van der Waals surface area contributed by atoms with Gasteiger partial charge in [-0.25, -0.2) is 4.98 Å². The Morgan fingerprint density at radius 1 is 1.22 bits per heavy atom. The highest BCUT2D eigenvalue weighted by molar-refractivity contribution is 5.16. The lowest BCUT2D eigenvalue weighted by molar-refractivity contribution is 0.388. The van der Waals surface area contributed by atoms with Crippen LogP contribution in [0, 0.1) is 6.92 Å². The second-order valence-electron chi connectivity index (χ2n) is 4.05. The molecule has 18 heavy (non-hydrogen) atoms. The zero-order valence-corrected chi connectivity index (χ0v) is 9.84. The molecule has 0 amide bonds. The first kappa shape index (κ1) is 10.7. The SMILES string of the molecule is Cc1nc(Cc2cc(Cc3ccno3)n[nH]2)n[nH]1. The monoisotopic (exact) mass is 244 g/mol. The number of nitrogens with zero attached hydrogens (tertiary/aromatic N) is 4. The standard InChI is InChI=1S/C11H12N6O/c1-7-13-11(17-14-7)6-9-4-8(15-16-9)5-10-2-3-12-18-10/h2-4H,5-6H2,1H3,(H,15,16)(H,13,14,17). The van der Waals surface area contributed by atoms with Gasteiger partial charge in [-0.1, -0.05) is 5.16 Å². The van der Waals surface area contributed by atoms with Crippen molar-refractivity contribution in [2.24, 2.45) is 0 Å². The molecule has 0 aliphatic rings. The van der Waals surface area contributed by atoms with Crippen molar-refractivity contribution in [1.82, 2.24) is 30.5 Å². The van der Waals surface area contributed by atoms with E-state index < -0.39 is 0 Å². The minimum absolute atomic E-state index is 0.628. The maximum absolute atomic E-state index is 5.03.